The largest absolute Gasteiger partial charge is 0.496 e. The number of hydrogen-bond acceptors (Lipinski definition) is 3. The zero-order valence-electron chi connectivity index (χ0n) is 11.8. The van der Waals surface area contributed by atoms with Crippen molar-refractivity contribution < 1.29 is 9.53 Å². The predicted molar refractivity (Wildman–Crippen MR) is 92.0 cm³/mol. The number of amides is 1. The van der Waals surface area contributed by atoms with Gasteiger partial charge in [-0.2, -0.15) is 5.10 Å². The Morgan fingerprint density at radius 3 is 2.62 bits per heavy atom. The maximum Gasteiger partial charge on any atom is 0.271 e. The number of ether oxygens (including phenoxy) is 1. The summed E-state index contributed by atoms with van der Waals surface area (Å²) in [5, 5.41) is 3.96. The Morgan fingerprint density at radius 1 is 1.24 bits per heavy atom. The highest BCUT2D eigenvalue weighted by Gasteiger charge is 2.08. The minimum Gasteiger partial charge on any atom is -0.496 e. The third kappa shape index (κ3) is 4.29. The molecule has 0 atom stereocenters. The summed E-state index contributed by atoms with van der Waals surface area (Å²) < 4.78 is 6.15. The molecule has 21 heavy (non-hydrogen) atoms. The summed E-state index contributed by atoms with van der Waals surface area (Å²) in [6.45, 7) is 2.02. The second-order valence-corrected chi connectivity index (χ2v) is 5.62. The van der Waals surface area contributed by atoms with E-state index in [4.69, 9.17) is 4.74 Å². The van der Waals surface area contributed by atoms with Crippen LogP contribution in [-0.2, 0) is 0 Å². The van der Waals surface area contributed by atoms with Gasteiger partial charge in [0.1, 0.15) is 5.75 Å². The molecule has 0 bridgehead atoms. The molecule has 0 saturated heterocycles. The third-order valence-corrected chi connectivity index (χ3v) is 3.76. The molecule has 0 aliphatic carbocycles. The van der Waals surface area contributed by atoms with Gasteiger partial charge in [-0.15, -0.1) is 0 Å². The van der Waals surface area contributed by atoms with Gasteiger partial charge in [0.25, 0.3) is 5.91 Å². The second-order valence-electron chi connectivity index (χ2n) is 4.46. The molecule has 2 aromatic carbocycles. The van der Waals surface area contributed by atoms with Crippen molar-refractivity contribution in [3.8, 4) is 5.75 Å². The number of hydrogen-bond donors (Lipinski definition) is 1. The second kappa shape index (κ2) is 7.21. The average Bonchev–Trinajstić information content (AvgIpc) is 2.49. The molecular weight excluding hydrogens is 379 g/mol. The van der Waals surface area contributed by atoms with E-state index in [1.165, 1.54) is 5.56 Å². The SMILES string of the molecule is COc1cc(C(=O)N/N=C\c2ccc(C)cc2)ccc1I. The van der Waals surface area contributed by atoms with Crippen LogP contribution in [0.5, 0.6) is 5.75 Å². The molecule has 0 fully saturated rings. The van der Waals surface area contributed by atoms with Crippen LogP contribution in [0.2, 0.25) is 0 Å². The Balaban J connectivity index is 2.03. The molecular formula is C16H15IN2O2. The molecule has 2 rings (SSSR count). The summed E-state index contributed by atoms with van der Waals surface area (Å²) in [6.07, 6.45) is 1.61. The number of nitrogens with one attached hydrogen (secondary N) is 1. The molecule has 1 N–H and O–H groups in total. The molecule has 5 heteroatoms. The molecule has 0 radical (unpaired) electrons. The highest BCUT2D eigenvalue weighted by atomic mass is 127. The Bertz CT molecular complexity index is 666. The Morgan fingerprint density at radius 2 is 1.95 bits per heavy atom. The first-order valence-corrected chi connectivity index (χ1v) is 7.41. The molecule has 0 aliphatic rings. The molecule has 4 nitrogen and oxygen atoms in total. The van der Waals surface area contributed by atoms with Crippen molar-refractivity contribution in [2.24, 2.45) is 5.10 Å². The van der Waals surface area contributed by atoms with Crippen LogP contribution in [0.1, 0.15) is 21.5 Å². The van der Waals surface area contributed by atoms with Crippen molar-refractivity contribution in [3.05, 3.63) is 62.7 Å². The third-order valence-electron chi connectivity index (χ3n) is 2.87. The minimum absolute atomic E-state index is 0.270. The number of carbonyl (C=O) groups excluding carboxylic acids is 1. The summed E-state index contributed by atoms with van der Waals surface area (Å²) in [4.78, 5) is 12.0. The van der Waals surface area contributed by atoms with Gasteiger partial charge < -0.3 is 4.74 Å². The standard InChI is InChI=1S/C16H15IN2O2/c1-11-3-5-12(6-4-11)10-18-19-16(20)13-7-8-14(17)15(9-13)21-2/h3-10H,1-2H3,(H,19,20)/b18-10-. The lowest BCUT2D eigenvalue weighted by Gasteiger charge is -2.05. The Kier molecular flexibility index (Phi) is 5.32. The fourth-order valence-electron chi connectivity index (χ4n) is 1.68. The molecule has 108 valence electrons. The molecule has 0 heterocycles. The zero-order chi connectivity index (χ0) is 15.2. The van der Waals surface area contributed by atoms with Gasteiger partial charge in [0.15, 0.2) is 0 Å². The van der Waals surface area contributed by atoms with Gasteiger partial charge in [-0.25, -0.2) is 5.43 Å². The van der Waals surface area contributed by atoms with E-state index in [2.05, 4.69) is 33.1 Å². The van der Waals surface area contributed by atoms with Gasteiger partial charge in [0.2, 0.25) is 0 Å². The maximum absolute atomic E-state index is 12.0. The van der Waals surface area contributed by atoms with Crippen molar-refractivity contribution in [2.75, 3.05) is 7.11 Å². The quantitative estimate of drug-likeness (QED) is 0.491. The number of halogens is 1. The summed E-state index contributed by atoms with van der Waals surface area (Å²) in [5.74, 6) is 0.402. The van der Waals surface area contributed by atoms with Gasteiger partial charge in [-0.3, -0.25) is 4.79 Å². The molecule has 1 amide bonds. The van der Waals surface area contributed by atoms with Gasteiger partial charge in [-0.1, -0.05) is 29.8 Å². The number of rotatable bonds is 4. The van der Waals surface area contributed by atoms with E-state index in [9.17, 15) is 4.79 Å². The van der Waals surface area contributed by atoms with Crippen LogP contribution >= 0.6 is 22.6 Å². The first kappa shape index (κ1) is 15.5. The topological polar surface area (TPSA) is 50.7 Å². The van der Waals surface area contributed by atoms with Crippen LogP contribution < -0.4 is 10.2 Å². The average molecular weight is 394 g/mol. The van der Waals surface area contributed by atoms with Crippen LogP contribution in [0.3, 0.4) is 0 Å². The molecule has 0 saturated carbocycles. The van der Waals surface area contributed by atoms with Crippen molar-refractivity contribution in [2.45, 2.75) is 6.92 Å². The van der Waals surface area contributed by atoms with Gasteiger partial charge >= 0.3 is 0 Å². The first-order valence-electron chi connectivity index (χ1n) is 6.34. The first-order chi connectivity index (χ1) is 10.1. The fourth-order valence-corrected chi connectivity index (χ4v) is 2.24. The number of nitrogens with zero attached hydrogens (tertiary/aromatic N) is 1. The lowest BCUT2D eigenvalue weighted by Crippen LogP contribution is -2.17. The van der Waals surface area contributed by atoms with E-state index in [0.29, 0.717) is 11.3 Å². The lowest BCUT2D eigenvalue weighted by molar-refractivity contribution is 0.0955. The number of aryl methyl sites for hydroxylation is 1. The summed E-state index contributed by atoms with van der Waals surface area (Å²) in [6, 6.07) is 13.1. The van der Waals surface area contributed by atoms with E-state index in [-0.39, 0.29) is 5.91 Å². The molecule has 0 aromatic heterocycles. The smallest absolute Gasteiger partial charge is 0.271 e. The minimum atomic E-state index is -0.270. The molecule has 0 unspecified atom stereocenters. The monoisotopic (exact) mass is 394 g/mol. The van der Waals surface area contributed by atoms with Crippen molar-refractivity contribution >= 4 is 34.7 Å². The number of hydrazone groups is 1. The predicted octanol–water partition coefficient (Wildman–Crippen LogP) is 3.37. The van der Waals surface area contributed by atoms with Crippen molar-refractivity contribution in [1.82, 2.24) is 5.43 Å². The zero-order valence-corrected chi connectivity index (χ0v) is 13.9. The van der Waals surface area contributed by atoms with Crippen LogP contribution in [0, 0.1) is 10.5 Å². The van der Waals surface area contributed by atoms with E-state index in [1.807, 2.05) is 37.3 Å². The number of benzene rings is 2. The van der Waals surface area contributed by atoms with Crippen LogP contribution in [0.4, 0.5) is 0 Å². The highest BCUT2D eigenvalue weighted by Crippen LogP contribution is 2.21. The lowest BCUT2D eigenvalue weighted by atomic mass is 10.2. The van der Waals surface area contributed by atoms with Gasteiger partial charge in [-0.05, 0) is 53.3 Å². The Hall–Kier alpha value is -1.89. The van der Waals surface area contributed by atoms with Crippen molar-refractivity contribution in [3.63, 3.8) is 0 Å². The van der Waals surface area contributed by atoms with Crippen LogP contribution in [0.15, 0.2) is 47.6 Å². The summed E-state index contributed by atoms with van der Waals surface area (Å²) in [5.41, 5.74) is 5.13. The maximum atomic E-state index is 12.0. The summed E-state index contributed by atoms with van der Waals surface area (Å²) >= 11 is 2.15. The number of carbonyl (C=O) groups is 1. The highest BCUT2D eigenvalue weighted by molar-refractivity contribution is 14.1. The van der Waals surface area contributed by atoms with E-state index in [0.717, 1.165) is 9.13 Å². The normalized spacial score (nSPS) is 10.6. The van der Waals surface area contributed by atoms with E-state index in [1.54, 1.807) is 25.5 Å². The van der Waals surface area contributed by atoms with Gasteiger partial charge in [0, 0.05) is 5.56 Å². The number of methoxy groups -OCH3 is 1. The van der Waals surface area contributed by atoms with Crippen LogP contribution in [0.25, 0.3) is 0 Å². The molecule has 2 aromatic rings. The summed E-state index contributed by atoms with van der Waals surface area (Å²) in [7, 11) is 1.58. The van der Waals surface area contributed by atoms with E-state index < -0.39 is 0 Å². The Labute approximate surface area is 137 Å². The molecule has 0 aliphatic heterocycles. The van der Waals surface area contributed by atoms with Crippen LogP contribution in [-0.4, -0.2) is 19.2 Å². The van der Waals surface area contributed by atoms with E-state index >= 15 is 0 Å². The van der Waals surface area contributed by atoms with Crippen molar-refractivity contribution in [1.29, 1.82) is 0 Å². The molecule has 0 spiro atoms. The fraction of sp³-hybridized carbons (Fsp3) is 0.125. The van der Waals surface area contributed by atoms with Gasteiger partial charge in [0.05, 0.1) is 16.9 Å².